The first kappa shape index (κ1) is 19.4. The van der Waals surface area contributed by atoms with Gasteiger partial charge in [0, 0.05) is 6.42 Å². The van der Waals surface area contributed by atoms with E-state index in [0.717, 1.165) is 0 Å². The number of rotatable bonds is 7. The van der Waals surface area contributed by atoms with Crippen molar-refractivity contribution in [1.29, 1.82) is 0 Å². The van der Waals surface area contributed by atoms with E-state index in [1.54, 1.807) is 0 Å². The zero-order chi connectivity index (χ0) is 18.5. The van der Waals surface area contributed by atoms with Crippen LogP contribution in [0.4, 0.5) is 13.2 Å². The van der Waals surface area contributed by atoms with Crippen molar-refractivity contribution < 1.29 is 42.1 Å². The second kappa shape index (κ2) is 7.75. The summed E-state index contributed by atoms with van der Waals surface area (Å²) in [6, 6.07) is 0.996. The zero-order valence-electron chi connectivity index (χ0n) is 13.1. The Morgan fingerprint density at radius 2 is 1.62 bits per heavy atom. The third kappa shape index (κ3) is 4.67. The normalized spacial score (nSPS) is 12.2. The van der Waals surface area contributed by atoms with E-state index in [1.807, 2.05) is 0 Å². The minimum absolute atomic E-state index is 0.207. The van der Waals surface area contributed by atoms with Crippen molar-refractivity contribution in [2.45, 2.75) is 18.6 Å². The van der Waals surface area contributed by atoms with Crippen molar-refractivity contribution in [2.24, 2.45) is 0 Å². The van der Waals surface area contributed by atoms with Crippen LogP contribution in [0.2, 0.25) is 0 Å². The minimum Gasteiger partial charge on any atom is -0.493 e. The Morgan fingerprint density at radius 3 is 1.96 bits per heavy atom. The van der Waals surface area contributed by atoms with Gasteiger partial charge in [-0.25, -0.2) is 4.79 Å². The van der Waals surface area contributed by atoms with Crippen molar-refractivity contribution >= 4 is 11.9 Å². The van der Waals surface area contributed by atoms with Crippen molar-refractivity contribution in [1.82, 2.24) is 5.32 Å². The first-order valence-electron chi connectivity index (χ1n) is 6.53. The van der Waals surface area contributed by atoms with Gasteiger partial charge in [0.2, 0.25) is 5.75 Å². The van der Waals surface area contributed by atoms with Crippen LogP contribution in [0.5, 0.6) is 17.2 Å². The predicted octanol–water partition coefficient (Wildman–Crippen LogP) is 1.39. The molecule has 0 aliphatic carbocycles. The second-order valence-electron chi connectivity index (χ2n) is 4.60. The van der Waals surface area contributed by atoms with Crippen LogP contribution in [0, 0.1) is 0 Å². The van der Waals surface area contributed by atoms with Gasteiger partial charge in [-0.2, -0.15) is 13.2 Å². The van der Waals surface area contributed by atoms with E-state index >= 15 is 0 Å². The standard InChI is InChI=1S/C14H16F3NO6/c1-22-9-5-7(6-10(23-2)11(9)24-3)4-8(12(19)20)18-13(21)14(15,16)17/h5-6,8H,4H2,1-3H3,(H,18,21)(H,19,20)/t8-/m0/s1. The number of benzene rings is 1. The quantitative estimate of drug-likeness (QED) is 0.771. The fourth-order valence-corrected chi connectivity index (χ4v) is 1.93. The summed E-state index contributed by atoms with van der Waals surface area (Å²) in [5.41, 5.74) is 0.277. The Hall–Kier alpha value is -2.65. The topological polar surface area (TPSA) is 94.1 Å². The van der Waals surface area contributed by atoms with Crippen LogP contribution < -0.4 is 19.5 Å². The second-order valence-corrected chi connectivity index (χ2v) is 4.60. The van der Waals surface area contributed by atoms with Gasteiger partial charge in [0.05, 0.1) is 21.3 Å². The van der Waals surface area contributed by atoms with Gasteiger partial charge in [-0.3, -0.25) is 4.79 Å². The molecule has 0 radical (unpaired) electrons. The lowest BCUT2D eigenvalue weighted by atomic mass is 10.0. The van der Waals surface area contributed by atoms with Crippen molar-refractivity contribution in [2.75, 3.05) is 21.3 Å². The van der Waals surface area contributed by atoms with E-state index in [2.05, 4.69) is 0 Å². The zero-order valence-corrected chi connectivity index (χ0v) is 13.1. The van der Waals surface area contributed by atoms with Crippen molar-refractivity contribution in [3.63, 3.8) is 0 Å². The number of carboxylic acids is 1. The molecule has 10 heteroatoms. The van der Waals surface area contributed by atoms with E-state index in [-0.39, 0.29) is 22.8 Å². The fraction of sp³-hybridized carbons (Fsp3) is 0.429. The van der Waals surface area contributed by atoms with E-state index in [9.17, 15) is 22.8 Å². The lowest BCUT2D eigenvalue weighted by Gasteiger charge is -2.18. The fourth-order valence-electron chi connectivity index (χ4n) is 1.93. The molecular weight excluding hydrogens is 335 g/mol. The molecule has 1 aromatic rings. The first-order chi connectivity index (χ1) is 11.1. The molecule has 24 heavy (non-hydrogen) atoms. The molecule has 0 spiro atoms. The predicted molar refractivity (Wildman–Crippen MR) is 75.4 cm³/mol. The molecule has 0 heterocycles. The molecule has 2 N–H and O–H groups in total. The summed E-state index contributed by atoms with van der Waals surface area (Å²) in [7, 11) is 4.03. The number of carbonyl (C=O) groups excluding carboxylic acids is 1. The lowest BCUT2D eigenvalue weighted by Crippen LogP contribution is -2.47. The van der Waals surface area contributed by atoms with Gasteiger partial charge in [0.25, 0.3) is 0 Å². The Bertz CT molecular complexity index is 592. The number of methoxy groups -OCH3 is 3. The summed E-state index contributed by atoms with van der Waals surface area (Å²) in [5.74, 6) is -3.28. The number of carbonyl (C=O) groups is 2. The third-order valence-electron chi connectivity index (χ3n) is 3.03. The maximum absolute atomic E-state index is 12.3. The molecule has 7 nitrogen and oxygen atoms in total. The smallest absolute Gasteiger partial charge is 0.471 e. The molecule has 1 aromatic carbocycles. The molecule has 1 atom stereocenters. The van der Waals surface area contributed by atoms with Crippen molar-refractivity contribution in [3.8, 4) is 17.2 Å². The Kier molecular flexibility index (Phi) is 6.27. The highest BCUT2D eigenvalue weighted by molar-refractivity contribution is 5.87. The summed E-state index contributed by atoms with van der Waals surface area (Å²) in [6.45, 7) is 0. The van der Waals surface area contributed by atoms with Crippen LogP contribution in [0.3, 0.4) is 0 Å². The van der Waals surface area contributed by atoms with Gasteiger partial charge in [-0.1, -0.05) is 0 Å². The highest BCUT2D eigenvalue weighted by Gasteiger charge is 2.40. The number of aliphatic carboxylic acids is 1. The largest absolute Gasteiger partial charge is 0.493 e. The Morgan fingerprint density at radius 1 is 1.12 bits per heavy atom. The van der Waals surface area contributed by atoms with Crippen LogP contribution >= 0.6 is 0 Å². The number of halogens is 3. The molecule has 0 saturated heterocycles. The molecule has 1 amide bonds. The Balaban J connectivity index is 3.11. The van der Waals surface area contributed by atoms with Crippen LogP contribution in [-0.2, 0) is 16.0 Å². The highest BCUT2D eigenvalue weighted by atomic mass is 19.4. The van der Waals surface area contributed by atoms with Gasteiger partial charge >= 0.3 is 18.1 Å². The van der Waals surface area contributed by atoms with Gasteiger partial charge in [-0.15, -0.1) is 0 Å². The van der Waals surface area contributed by atoms with Crippen LogP contribution in [-0.4, -0.2) is 50.5 Å². The van der Waals surface area contributed by atoms with E-state index < -0.39 is 30.5 Å². The summed E-state index contributed by atoms with van der Waals surface area (Å²) in [6.07, 6.45) is -5.59. The third-order valence-corrected chi connectivity index (χ3v) is 3.03. The molecule has 0 aromatic heterocycles. The number of alkyl halides is 3. The summed E-state index contributed by atoms with van der Waals surface area (Å²) in [4.78, 5) is 22.1. The van der Waals surface area contributed by atoms with E-state index in [4.69, 9.17) is 19.3 Å². The van der Waals surface area contributed by atoms with Gasteiger partial charge in [0.1, 0.15) is 6.04 Å². The maximum atomic E-state index is 12.3. The number of hydrogen-bond donors (Lipinski definition) is 2. The molecule has 1 rings (SSSR count). The molecule has 0 fully saturated rings. The average Bonchev–Trinajstić information content (AvgIpc) is 2.51. The molecule has 0 bridgehead atoms. The van der Waals surface area contributed by atoms with Crippen LogP contribution in [0.1, 0.15) is 5.56 Å². The summed E-state index contributed by atoms with van der Waals surface area (Å²) < 4.78 is 52.1. The van der Waals surface area contributed by atoms with E-state index in [1.165, 1.54) is 38.8 Å². The number of nitrogens with one attached hydrogen (secondary N) is 1. The van der Waals surface area contributed by atoms with E-state index in [0.29, 0.717) is 0 Å². The number of carboxylic acid groups (broad SMARTS) is 1. The van der Waals surface area contributed by atoms with Crippen LogP contribution in [0.25, 0.3) is 0 Å². The highest BCUT2D eigenvalue weighted by Crippen LogP contribution is 2.38. The SMILES string of the molecule is COc1cc(C[C@H](NC(=O)C(F)(F)F)C(=O)O)cc(OC)c1OC. The number of hydrogen-bond acceptors (Lipinski definition) is 5. The van der Waals surface area contributed by atoms with Gasteiger partial charge < -0.3 is 24.6 Å². The van der Waals surface area contributed by atoms with Gasteiger partial charge in [0.15, 0.2) is 11.5 Å². The first-order valence-corrected chi connectivity index (χ1v) is 6.53. The van der Waals surface area contributed by atoms with Crippen LogP contribution in [0.15, 0.2) is 12.1 Å². The van der Waals surface area contributed by atoms with Crippen molar-refractivity contribution in [3.05, 3.63) is 17.7 Å². The lowest BCUT2D eigenvalue weighted by molar-refractivity contribution is -0.175. The summed E-state index contributed by atoms with van der Waals surface area (Å²) >= 11 is 0. The monoisotopic (exact) mass is 351 g/mol. The summed E-state index contributed by atoms with van der Waals surface area (Å²) in [5, 5.41) is 10.5. The Labute approximate surface area is 135 Å². The molecular formula is C14H16F3NO6. The molecule has 0 aliphatic heterocycles. The molecule has 0 saturated carbocycles. The number of ether oxygens (including phenoxy) is 3. The maximum Gasteiger partial charge on any atom is 0.471 e. The molecule has 134 valence electrons. The van der Waals surface area contributed by atoms with Gasteiger partial charge in [-0.05, 0) is 17.7 Å². The minimum atomic E-state index is -5.18. The average molecular weight is 351 g/mol. The molecule has 0 unspecified atom stereocenters. The molecule has 0 aliphatic rings. The number of amides is 1.